The molecule has 302 valence electrons. The van der Waals surface area contributed by atoms with Crippen molar-refractivity contribution in [3.05, 3.63) is 108 Å². The number of nitrogens with two attached hydrogens (primary N) is 1. The fourth-order valence-corrected chi connectivity index (χ4v) is 6.84. The summed E-state index contributed by atoms with van der Waals surface area (Å²) in [5, 5.41) is 11.3. The largest absolute Gasteiger partial charge is 0.348 e. The lowest BCUT2D eigenvalue weighted by Crippen LogP contribution is -2.61. The van der Waals surface area contributed by atoms with Gasteiger partial charge in [-0.3, -0.25) is 24.0 Å². The number of aldehydes is 1. The third kappa shape index (κ3) is 11.9. The molecular weight excluding hydrogens is 729 g/mol. The quantitative estimate of drug-likeness (QED) is 0.0631. The fourth-order valence-electron chi connectivity index (χ4n) is 6.84. The summed E-state index contributed by atoms with van der Waals surface area (Å²) >= 11 is 0. The molecule has 16 heteroatoms. The molecule has 16 nitrogen and oxygen atoms in total. The number of H-pyrrole nitrogens is 2. The van der Waals surface area contributed by atoms with Crippen molar-refractivity contribution in [1.29, 1.82) is 0 Å². The van der Waals surface area contributed by atoms with Crippen molar-refractivity contribution in [1.82, 2.24) is 46.1 Å². The highest BCUT2D eigenvalue weighted by Crippen LogP contribution is 2.18. The van der Waals surface area contributed by atoms with E-state index in [0.29, 0.717) is 37.2 Å². The van der Waals surface area contributed by atoms with Gasteiger partial charge in [0.2, 0.25) is 29.5 Å². The molecule has 2 aromatic carbocycles. The summed E-state index contributed by atoms with van der Waals surface area (Å²) in [6.07, 6.45) is 8.74. The van der Waals surface area contributed by atoms with Gasteiger partial charge in [-0.15, -0.1) is 0 Å². The Morgan fingerprint density at radius 3 is 1.79 bits per heavy atom. The number of carbonyl (C=O) groups excluding carboxylic acids is 6. The van der Waals surface area contributed by atoms with Gasteiger partial charge in [0.25, 0.3) is 0 Å². The topological polar surface area (TPSA) is 237 Å². The average molecular weight is 781 g/mol. The average Bonchev–Trinajstić information content (AvgIpc) is 4.03. The molecule has 1 aliphatic heterocycles. The molecule has 5 rings (SSSR count). The van der Waals surface area contributed by atoms with E-state index in [4.69, 9.17) is 5.73 Å². The molecule has 0 unspecified atom stereocenters. The van der Waals surface area contributed by atoms with Crippen LogP contribution in [-0.4, -0.2) is 103 Å². The fraction of sp³-hybridized carbons (Fsp3) is 0.415. The Morgan fingerprint density at radius 1 is 0.754 bits per heavy atom. The number of aromatic amines is 2. The van der Waals surface area contributed by atoms with Crippen molar-refractivity contribution in [3.8, 4) is 0 Å². The van der Waals surface area contributed by atoms with Crippen LogP contribution in [0.25, 0.3) is 0 Å². The molecule has 5 amide bonds. The molecule has 0 aliphatic carbocycles. The minimum atomic E-state index is -1.23. The molecule has 0 radical (unpaired) electrons. The van der Waals surface area contributed by atoms with Gasteiger partial charge in [-0.1, -0.05) is 80.9 Å². The van der Waals surface area contributed by atoms with Crippen molar-refractivity contribution in [2.24, 2.45) is 11.7 Å². The highest BCUT2D eigenvalue weighted by atomic mass is 16.2. The summed E-state index contributed by atoms with van der Waals surface area (Å²) in [5.41, 5.74) is 8.98. The van der Waals surface area contributed by atoms with Gasteiger partial charge in [-0.05, 0) is 36.3 Å². The summed E-state index contributed by atoms with van der Waals surface area (Å²) in [7, 11) is 0. The summed E-state index contributed by atoms with van der Waals surface area (Å²) < 4.78 is 0. The zero-order chi connectivity index (χ0) is 40.7. The molecule has 0 spiro atoms. The summed E-state index contributed by atoms with van der Waals surface area (Å²) in [4.78, 5) is 97.1. The highest BCUT2D eigenvalue weighted by molar-refractivity contribution is 5.96. The predicted octanol–water partition coefficient (Wildman–Crippen LogP) is 0.906. The Bertz CT molecular complexity index is 1910. The number of hydrogen-bond donors (Lipinski definition) is 7. The van der Waals surface area contributed by atoms with Gasteiger partial charge >= 0.3 is 0 Å². The molecule has 1 aliphatic rings. The Kier molecular flexibility index (Phi) is 15.2. The molecule has 1 saturated heterocycles. The number of rotatable bonds is 20. The van der Waals surface area contributed by atoms with E-state index in [1.807, 2.05) is 74.5 Å². The van der Waals surface area contributed by atoms with Crippen LogP contribution < -0.4 is 27.0 Å². The second kappa shape index (κ2) is 20.7. The van der Waals surface area contributed by atoms with Crippen LogP contribution in [-0.2, 0) is 54.5 Å². The number of imidazole rings is 2. The van der Waals surface area contributed by atoms with Gasteiger partial charge in [0, 0.05) is 49.6 Å². The number of amides is 5. The van der Waals surface area contributed by atoms with Crippen LogP contribution in [0.1, 0.15) is 55.6 Å². The number of benzene rings is 2. The minimum absolute atomic E-state index is 0.0260. The third-order valence-electron chi connectivity index (χ3n) is 10.3. The van der Waals surface area contributed by atoms with E-state index >= 15 is 0 Å². The van der Waals surface area contributed by atoms with E-state index in [1.165, 1.54) is 29.9 Å². The highest BCUT2D eigenvalue weighted by Gasteiger charge is 2.37. The second-order valence-corrected chi connectivity index (χ2v) is 14.5. The smallest absolute Gasteiger partial charge is 0.246 e. The van der Waals surface area contributed by atoms with Crippen LogP contribution in [0.3, 0.4) is 0 Å². The summed E-state index contributed by atoms with van der Waals surface area (Å²) in [6, 6.07) is 12.4. The summed E-state index contributed by atoms with van der Waals surface area (Å²) in [5.74, 6) is -3.21. The van der Waals surface area contributed by atoms with Crippen LogP contribution in [0.2, 0.25) is 0 Å². The van der Waals surface area contributed by atoms with Crippen LogP contribution in [0.4, 0.5) is 0 Å². The summed E-state index contributed by atoms with van der Waals surface area (Å²) in [6.45, 7) is 4.07. The van der Waals surface area contributed by atoms with E-state index in [0.717, 1.165) is 17.4 Å². The Balaban J connectivity index is 1.36. The third-order valence-corrected chi connectivity index (χ3v) is 10.3. The number of likely N-dealkylation sites (tertiary alicyclic amines) is 1. The van der Waals surface area contributed by atoms with Crippen LogP contribution in [0, 0.1) is 5.92 Å². The number of hydrogen-bond acceptors (Lipinski definition) is 9. The van der Waals surface area contributed by atoms with Crippen LogP contribution >= 0.6 is 0 Å². The molecule has 7 atom stereocenters. The first kappa shape index (κ1) is 42.0. The molecule has 1 fully saturated rings. The number of carbonyl (C=O) groups is 6. The molecule has 0 saturated carbocycles. The zero-order valence-corrected chi connectivity index (χ0v) is 32.2. The predicted molar refractivity (Wildman–Crippen MR) is 211 cm³/mol. The first-order chi connectivity index (χ1) is 27.6. The number of aromatic nitrogens is 4. The molecular formula is C41H52N10O6. The van der Waals surface area contributed by atoms with Gasteiger partial charge in [-0.2, -0.15) is 0 Å². The SMILES string of the molecule is CC[C@H](C)[C@H](NC(=O)[C@H](N)Cc1ccccc1)C(=O)N[C@H](Cc1cnc[nH]1)C(=O)N[C@@H](Cc1cnc[nH]1)C(=O)N[C@H](Cc1ccccc1)C(=O)N1CCC[C@H]1C=O. The van der Waals surface area contributed by atoms with Crippen molar-refractivity contribution in [3.63, 3.8) is 0 Å². The molecule has 2 aromatic heterocycles. The van der Waals surface area contributed by atoms with Crippen molar-refractivity contribution in [2.45, 2.75) is 95.0 Å². The first-order valence-electron chi connectivity index (χ1n) is 19.3. The molecule has 3 heterocycles. The van der Waals surface area contributed by atoms with Gasteiger partial charge in [-0.25, -0.2) is 9.97 Å². The standard InChI is InChI=1S/C41H52N10O6/c1-3-26(2)36(50-37(53)32(42)17-27-11-6-4-7-12-27)40(56)48-34(20-30-22-44-25-46-30)38(54)47-33(19-29-21-43-24-45-29)39(55)49-35(18-28-13-8-5-9-14-28)41(57)51-16-10-15-31(51)23-52/h4-9,11-14,21-26,31-36H,3,10,15-20,42H2,1-2H3,(H,43,45)(H,44,46)(H,47,54)(H,48,56)(H,49,55)(H,50,53)/t26-,31-,32+,33-,34+,35+,36-/m0/s1. The van der Waals surface area contributed by atoms with Crippen LogP contribution in [0.15, 0.2) is 85.7 Å². The second-order valence-electron chi connectivity index (χ2n) is 14.5. The lowest BCUT2D eigenvalue weighted by atomic mass is 9.96. The monoisotopic (exact) mass is 780 g/mol. The van der Waals surface area contributed by atoms with Crippen molar-refractivity contribution >= 4 is 35.8 Å². The van der Waals surface area contributed by atoms with Gasteiger partial charge < -0.3 is 46.7 Å². The lowest BCUT2D eigenvalue weighted by molar-refractivity contribution is -0.139. The van der Waals surface area contributed by atoms with E-state index in [1.54, 1.807) is 0 Å². The minimum Gasteiger partial charge on any atom is -0.348 e. The Morgan fingerprint density at radius 2 is 1.28 bits per heavy atom. The van der Waals surface area contributed by atoms with Crippen molar-refractivity contribution in [2.75, 3.05) is 6.54 Å². The molecule has 8 N–H and O–H groups in total. The Labute approximate surface area is 331 Å². The zero-order valence-electron chi connectivity index (χ0n) is 32.2. The number of nitrogens with one attached hydrogen (secondary N) is 6. The maximum atomic E-state index is 14.3. The Hall–Kier alpha value is -6.16. The maximum absolute atomic E-state index is 14.3. The maximum Gasteiger partial charge on any atom is 0.246 e. The van der Waals surface area contributed by atoms with E-state index in [-0.39, 0.29) is 31.6 Å². The van der Waals surface area contributed by atoms with Gasteiger partial charge in [0.05, 0.1) is 24.7 Å². The van der Waals surface area contributed by atoms with E-state index in [2.05, 4.69) is 41.2 Å². The van der Waals surface area contributed by atoms with E-state index in [9.17, 15) is 28.8 Å². The molecule has 4 aromatic rings. The lowest BCUT2D eigenvalue weighted by Gasteiger charge is -2.30. The number of nitrogens with zero attached hydrogens (tertiary/aromatic N) is 3. The normalized spacial score (nSPS) is 17.0. The van der Waals surface area contributed by atoms with E-state index < -0.39 is 65.8 Å². The van der Waals surface area contributed by atoms with Gasteiger partial charge in [0.15, 0.2) is 0 Å². The van der Waals surface area contributed by atoms with Crippen LogP contribution in [0.5, 0.6) is 0 Å². The molecule has 57 heavy (non-hydrogen) atoms. The van der Waals surface area contributed by atoms with Crippen molar-refractivity contribution < 1.29 is 28.8 Å². The molecule has 0 bridgehead atoms. The van der Waals surface area contributed by atoms with Gasteiger partial charge in [0.1, 0.15) is 30.5 Å². The first-order valence-corrected chi connectivity index (χ1v) is 19.3.